The molecule has 6 heteroatoms. The highest BCUT2D eigenvalue weighted by molar-refractivity contribution is 9.09. The first-order valence-corrected chi connectivity index (χ1v) is 6.93. The normalized spacial score (nSPS) is 12.3. The van der Waals surface area contributed by atoms with E-state index in [0.717, 1.165) is 5.52 Å². The lowest BCUT2D eigenvalue weighted by molar-refractivity contribution is 0.0908. The summed E-state index contributed by atoms with van der Waals surface area (Å²) >= 11 is 3.34. The second-order valence-corrected chi connectivity index (χ2v) is 4.69. The van der Waals surface area contributed by atoms with E-state index in [2.05, 4.69) is 31.2 Å². The van der Waals surface area contributed by atoms with Crippen LogP contribution >= 0.6 is 15.9 Å². The van der Waals surface area contributed by atoms with Gasteiger partial charge in [-0.25, -0.2) is 0 Å². The fraction of sp³-hybridized carbons (Fsp3) is 0.308. The summed E-state index contributed by atoms with van der Waals surface area (Å²) in [7, 11) is 1.60. The predicted molar refractivity (Wildman–Crippen MR) is 76.5 cm³/mol. The zero-order valence-electron chi connectivity index (χ0n) is 10.5. The molecule has 0 saturated heterocycles. The number of carbonyl (C=O) groups is 1. The van der Waals surface area contributed by atoms with E-state index >= 15 is 0 Å². The Morgan fingerprint density at radius 2 is 2.11 bits per heavy atom. The molecule has 0 spiro atoms. The maximum atomic E-state index is 12.1. The van der Waals surface area contributed by atoms with Crippen molar-refractivity contribution in [3.63, 3.8) is 0 Å². The molecule has 1 unspecified atom stereocenters. The van der Waals surface area contributed by atoms with E-state index in [4.69, 9.17) is 4.74 Å². The number of hydrogen-bond acceptors (Lipinski definition) is 4. The molecule has 0 saturated carbocycles. The topological polar surface area (TPSA) is 64.1 Å². The number of nitrogens with zero attached hydrogens (tertiary/aromatic N) is 2. The first-order valence-electron chi connectivity index (χ1n) is 5.81. The first kappa shape index (κ1) is 13.9. The molecule has 1 aromatic heterocycles. The molecule has 0 fully saturated rings. The maximum Gasteiger partial charge on any atom is 0.251 e. The molecule has 0 aliphatic rings. The number of benzene rings is 1. The van der Waals surface area contributed by atoms with Crippen molar-refractivity contribution >= 4 is 32.9 Å². The predicted octanol–water partition coefficient (Wildman–Crippen LogP) is 1.77. The molecule has 1 amide bonds. The summed E-state index contributed by atoms with van der Waals surface area (Å²) in [6.07, 6.45) is 3.23. The number of aromatic nitrogens is 2. The van der Waals surface area contributed by atoms with Crippen LogP contribution in [-0.4, -0.2) is 41.0 Å². The van der Waals surface area contributed by atoms with Gasteiger partial charge in [-0.1, -0.05) is 15.9 Å². The van der Waals surface area contributed by atoms with E-state index in [0.29, 0.717) is 23.0 Å². The van der Waals surface area contributed by atoms with Crippen molar-refractivity contribution < 1.29 is 9.53 Å². The van der Waals surface area contributed by atoms with Crippen molar-refractivity contribution in [3.8, 4) is 0 Å². The number of nitrogens with one attached hydrogen (secondary N) is 1. The van der Waals surface area contributed by atoms with Crippen LogP contribution in [0.3, 0.4) is 0 Å². The van der Waals surface area contributed by atoms with Gasteiger partial charge in [0.15, 0.2) is 0 Å². The van der Waals surface area contributed by atoms with Crippen LogP contribution in [0.5, 0.6) is 0 Å². The first-order chi connectivity index (χ1) is 9.24. The van der Waals surface area contributed by atoms with Gasteiger partial charge in [0, 0.05) is 30.4 Å². The van der Waals surface area contributed by atoms with Crippen LogP contribution in [-0.2, 0) is 4.74 Å². The summed E-state index contributed by atoms with van der Waals surface area (Å²) < 4.78 is 5.03. The van der Waals surface area contributed by atoms with Gasteiger partial charge < -0.3 is 10.1 Å². The molecule has 1 atom stereocenters. The van der Waals surface area contributed by atoms with Gasteiger partial charge in [0.2, 0.25) is 0 Å². The molecule has 1 aromatic carbocycles. The average Bonchev–Trinajstić information content (AvgIpc) is 2.46. The quantitative estimate of drug-likeness (QED) is 0.852. The molecule has 0 radical (unpaired) electrons. The second-order valence-electron chi connectivity index (χ2n) is 4.04. The van der Waals surface area contributed by atoms with Crippen LogP contribution in [0.2, 0.25) is 0 Å². The third-order valence-electron chi connectivity index (χ3n) is 2.62. The highest BCUT2D eigenvalue weighted by atomic mass is 79.9. The van der Waals surface area contributed by atoms with Gasteiger partial charge in [-0.05, 0) is 18.2 Å². The summed E-state index contributed by atoms with van der Waals surface area (Å²) in [6, 6.07) is 5.20. The Kier molecular flexibility index (Phi) is 4.81. The van der Waals surface area contributed by atoms with E-state index in [1.807, 2.05) is 0 Å². The van der Waals surface area contributed by atoms with E-state index in [9.17, 15) is 4.79 Å². The van der Waals surface area contributed by atoms with Gasteiger partial charge in [-0.2, -0.15) is 0 Å². The van der Waals surface area contributed by atoms with Gasteiger partial charge in [0.25, 0.3) is 5.91 Å². The number of hydrogen-bond donors (Lipinski definition) is 1. The molecule has 100 valence electrons. The van der Waals surface area contributed by atoms with Gasteiger partial charge in [-0.3, -0.25) is 14.8 Å². The zero-order valence-corrected chi connectivity index (χ0v) is 12.1. The Morgan fingerprint density at radius 3 is 2.79 bits per heavy atom. The van der Waals surface area contributed by atoms with Gasteiger partial charge in [0.1, 0.15) is 0 Å². The number of ether oxygens (including phenoxy) is 1. The van der Waals surface area contributed by atoms with Crippen molar-refractivity contribution in [2.24, 2.45) is 0 Å². The van der Waals surface area contributed by atoms with Gasteiger partial charge in [0.05, 0.1) is 23.7 Å². The summed E-state index contributed by atoms with van der Waals surface area (Å²) in [6.45, 7) is 0.463. The van der Waals surface area contributed by atoms with Crippen molar-refractivity contribution in [1.29, 1.82) is 0 Å². The van der Waals surface area contributed by atoms with Crippen molar-refractivity contribution in [3.05, 3.63) is 36.2 Å². The molecule has 0 aliphatic carbocycles. The highest BCUT2D eigenvalue weighted by Crippen LogP contribution is 2.11. The molecule has 0 aliphatic heterocycles. The fourth-order valence-electron chi connectivity index (χ4n) is 1.70. The molecule has 1 heterocycles. The minimum absolute atomic E-state index is 0.0601. The number of carbonyl (C=O) groups excluding carboxylic acids is 1. The van der Waals surface area contributed by atoms with E-state index < -0.39 is 0 Å². The van der Waals surface area contributed by atoms with Crippen molar-refractivity contribution in [2.75, 3.05) is 19.0 Å². The van der Waals surface area contributed by atoms with Crippen LogP contribution in [0.25, 0.3) is 11.0 Å². The lowest BCUT2D eigenvalue weighted by Crippen LogP contribution is -2.39. The molecule has 1 N–H and O–H groups in total. The average molecular weight is 324 g/mol. The Morgan fingerprint density at radius 1 is 1.37 bits per heavy atom. The molecule has 19 heavy (non-hydrogen) atoms. The van der Waals surface area contributed by atoms with Crippen LogP contribution in [0.15, 0.2) is 30.6 Å². The van der Waals surface area contributed by atoms with Crippen LogP contribution in [0.1, 0.15) is 10.4 Å². The third kappa shape index (κ3) is 3.48. The molecular formula is C13H14BrN3O2. The molecule has 2 rings (SSSR count). The molecular weight excluding hydrogens is 310 g/mol. The van der Waals surface area contributed by atoms with Gasteiger partial charge >= 0.3 is 0 Å². The second kappa shape index (κ2) is 6.58. The number of amides is 1. The molecule has 2 aromatic rings. The van der Waals surface area contributed by atoms with Crippen molar-refractivity contribution in [1.82, 2.24) is 15.3 Å². The maximum absolute atomic E-state index is 12.1. The number of halogens is 1. The minimum atomic E-state index is -0.144. The highest BCUT2D eigenvalue weighted by Gasteiger charge is 2.13. The van der Waals surface area contributed by atoms with E-state index in [1.54, 1.807) is 37.7 Å². The Labute approximate surface area is 119 Å². The fourth-order valence-corrected chi connectivity index (χ4v) is 2.05. The summed E-state index contributed by atoms with van der Waals surface area (Å²) in [5.41, 5.74) is 2.04. The molecule has 5 nitrogen and oxygen atoms in total. The van der Waals surface area contributed by atoms with Crippen LogP contribution in [0.4, 0.5) is 0 Å². The lowest BCUT2D eigenvalue weighted by Gasteiger charge is -2.15. The van der Waals surface area contributed by atoms with E-state index in [1.165, 1.54) is 0 Å². The largest absolute Gasteiger partial charge is 0.383 e. The lowest BCUT2D eigenvalue weighted by atomic mass is 10.1. The summed E-state index contributed by atoms with van der Waals surface area (Å²) in [5, 5.41) is 3.53. The SMILES string of the molecule is COCC(CBr)NC(=O)c1ccc2nccnc2c1. The Balaban J connectivity index is 2.16. The number of methoxy groups -OCH3 is 1. The van der Waals surface area contributed by atoms with Gasteiger partial charge in [-0.15, -0.1) is 0 Å². The van der Waals surface area contributed by atoms with Crippen LogP contribution in [0, 0.1) is 0 Å². The Hall–Kier alpha value is -1.53. The minimum Gasteiger partial charge on any atom is -0.383 e. The van der Waals surface area contributed by atoms with Crippen molar-refractivity contribution in [2.45, 2.75) is 6.04 Å². The van der Waals surface area contributed by atoms with Crippen LogP contribution < -0.4 is 5.32 Å². The summed E-state index contributed by atoms with van der Waals surface area (Å²) in [5.74, 6) is -0.144. The standard InChI is InChI=1S/C13H14BrN3O2/c1-19-8-10(7-14)17-13(18)9-2-3-11-12(6-9)16-5-4-15-11/h2-6,10H,7-8H2,1H3,(H,17,18). The monoisotopic (exact) mass is 323 g/mol. The number of fused-ring (bicyclic) bond motifs is 1. The Bertz CT molecular complexity index is 577. The molecule has 0 bridgehead atoms. The number of rotatable bonds is 5. The summed E-state index contributed by atoms with van der Waals surface area (Å²) in [4.78, 5) is 20.4. The smallest absolute Gasteiger partial charge is 0.251 e. The zero-order chi connectivity index (χ0) is 13.7. The van der Waals surface area contributed by atoms with E-state index in [-0.39, 0.29) is 11.9 Å². The number of alkyl halides is 1. The third-order valence-corrected chi connectivity index (χ3v) is 3.40.